The second-order valence-electron chi connectivity index (χ2n) is 8.66. The van der Waals surface area contributed by atoms with Crippen LogP contribution in [0.25, 0.3) is 10.2 Å². The number of rotatable bonds is 4. The summed E-state index contributed by atoms with van der Waals surface area (Å²) in [6, 6.07) is 0.922. The third-order valence-corrected chi connectivity index (χ3v) is 7.49. The van der Waals surface area contributed by atoms with Crippen molar-refractivity contribution in [2.75, 3.05) is 58.9 Å². The predicted octanol–water partition coefficient (Wildman–Crippen LogP) is 3.00. The van der Waals surface area contributed by atoms with Crippen molar-refractivity contribution >= 4 is 39.4 Å². The molecule has 13 heteroatoms. The van der Waals surface area contributed by atoms with Crippen molar-refractivity contribution in [1.29, 1.82) is 0 Å². The second kappa shape index (κ2) is 10.2. The minimum absolute atomic E-state index is 0.0424. The summed E-state index contributed by atoms with van der Waals surface area (Å²) in [6.45, 7) is 2.38. The molecular formula is C22H28F3N5O4S. The number of alkyl halides is 3. The van der Waals surface area contributed by atoms with Crippen molar-refractivity contribution in [2.45, 2.75) is 31.3 Å². The van der Waals surface area contributed by atoms with Gasteiger partial charge in [-0.2, -0.15) is 13.2 Å². The summed E-state index contributed by atoms with van der Waals surface area (Å²) in [5, 5.41) is 3.85. The molecule has 2 saturated heterocycles. The summed E-state index contributed by atoms with van der Waals surface area (Å²) in [6.07, 6.45) is -4.42. The van der Waals surface area contributed by atoms with Gasteiger partial charge < -0.3 is 24.6 Å². The second-order valence-corrected chi connectivity index (χ2v) is 9.53. The number of piperidine rings is 1. The van der Waals surface area contributed by atoms with E-state index in [1.54, 1.807) is 16.8 Å². The van der Waals surface area contributed by atoms with Crippen molar-refractivity contribution in [2.24, 2.45) is 0 Å². The first-order valence-electron chi connectivity index (χ1n) is 11.3. The Morgan fingerprint density at radius 3 is 2.63 bits per heavy atom. The van der Waals surface area contributed by atoms with Crippen LogP contribution in [0.2, 0.25) is 0 Å². The van der Waals surface area contributed by atoms with Gasteiger partial charge in [-0.25, -0.2) is 9.78 Å². The zero-order valence-electron chi connectivity index (χ0n) is 19.7. The fourth-order valence-corrected chi connectivity index (χ4v) is 5.31. The molecule has 2 aromatic heterocycles. The lowest BCUT2D eigenvalue weighted by atomic mass is 10.0. The average molecular weight is 516 g/mol. The van der Waals surface area contributed by atoms with Gasteiger partial charge in [0.2, 0.25) is 0 Å². The molecule has 0 radical (unpaired) electrons. The van der Waals surface area contributed by atoms with Gasteiger partial charge in [-0.15, -0.1) is 11.3 Å². The quantitative estimate of drug-likeness (QED) is 0.670. The number of fused-ring (bicyclic) bond motifs is 1. The maximum atomic E-state index is 13.8. The van der Waals surface area contributed by atoms with E-state index in [0.717, 1.165) is 17.4 Å². The van der Waals surface area contributed by atoms with E-state index in [9.17, 15) is 22.8 Å². The van der Waals surface area contributed by atoms with Crippen LogP contribution in [0.4, 0.5) is 23.8 Å². The van der Waals surface area contributed by atoms with Crippen LogP contribution in [-0.2, 0) is 15.7 Å². The standard InChI is InChI=1S/C22H28F3N5O4S/c1-26-20(31)14-12-35-19-15(22(23,24)25)10-16(27-18(14)19)30-6-4-13(5-7-30)29(3)21(32)34-17-11-33-9-8-28(17)2/h10,12-13,17H,4-9,11H2,1-3H3,(H,26,31). The molecule has 0 saturated carbocycles. The number of thiophene rings is 1. The van der Waals surface area contributed by atoms with E-state index in [-0.39, 0.29) is 27.6 Å². The Hall–Kier alpha value is -2.64. The van der Waals surface area contributed by atoms with Gasteiger partial charge in [0.25, 0.3) is 5.91 Å². The number of ether oxygens (including phenoxy) is 2. The maximum absolute atomic E-state index is 13.8. The van der Waals surface area contributed by atoms with E-state index in [2.05, 4.69) is 10.3 Å². The largest absolute Gasteiger partial charge is 0.428 e. The summed E-state index contributed by atoms with van der Waals surface area (Å²) in [5.74, 6) is -0.320. The van der Waals surface area contributed by atoms with Gasteiger partial charge >= 0.3 is 12.3 Å². The van der Waals surface area contributed by atoms with Crippen molar-refractivity contribution < 1.29 is 32.2 Å². The van der Waals surface area contributed by atoms with Gasteiger partial charge in [0.05, 0.1) is 34.6 Å². The summed E-state index contributed by atoms with van der Waals surface area (Å²) in [7, 11) is 4.95. The first-order valence-corrected chi connectivity index (χ1v) is 12.2. The molecule has 1 unspecified atom stereocenters. The number of nitrogens with one attached hydrogen (secondary N) is 1. The highest BCUT2D eigenvalue weighted by Crippen LogP contribution is 2.40. The maximum Gasteiger partial charge on any atom is 0.417 e. The first-order chi connectivity index (χ1) is 16.6. The molecule has 2 aliphatic heterocycles. The number of amides is 2. The lowest BCUT2D eigenvalue weighted by Gasteiger charge is -2.38. The Bertz CT molecular complexity index is 1090. The van der Waals surface area contributed by atoms with E-state index >= 15 is 0 Å². The van der Waals surface area contributed by atoms with Gasteiger partial charge in [-0.05, 0) is 26.0 Å². The number of likely N-dealkylation sites (N-methyl/N-ethyl adjacent to an activating group) is 1. The molecule has 2 amide bonds. The van der Waals surface area contributed by atoms with Crippen molar-refractivity contribution in [3.63, 3.8) is 0 Å². The molecule has 0 aromatic carbocycles. The van der Waals surface area contributed by atoms with Crippen LogP contribution in [0.3, 0.4) is 0 Å². The van der Waals surface area contributed by atoms with Crippen molar-refractivity contribution in [3.05, 3.63) is 22.6 Å². The molecule has 1 atom stereocenters. The Labute approximate surface area is 204 Å². The van der Waals surface area contributed by atoms with Crippen LogP contribution in [0.1, 0.15) is 28.8 Å². The third kappa shape index (κ3) is 5.31. The minimum Gasteiger partial charge on any atom is -0.428 e. The fraction of sp³-hybridized carbons (Fsp3) is 0.591. The molecule has 0 bridgehead atoms. The molecule has 0 aliphatic carbocycles. The number of halogens is 3. The van der Waals surface area contributed by atoms with E-state index in [1.165, 1.54) is 12.4 Å². The molecule has 35 heavy (non-hydrogen) atoms. The number of anilines is 1. The molecule has 1 N–H and O–H groups in total. The molecule has 9 nitrogen and oxygen atoms in total. The predicted molar refractivity (Wildman–Crippen MR) is 125 cm³/mol. The molecule has 2 aromatic rings. The number of hydrogen-bond acceptors (Lipinski definition) is 8. The molecule has 0 spiro atoms. The number of hydrogen-bond donors (Lipinski definition) is 1. The summed E-state index contributed by atoms with van der Waals surface area (Å²) in [5.41, 5.74) is -0.644. The van der Waals surface area contributed by atoms with Crippen LogP contribution in [0.5, 0.6) is 0 Å². The van der Waals surface area contributed by atoms with E-state index in [1.807, 2.05) is 11.9 Å². The molecular weight excluding hydrogens is 487 g/mol. The molecule has 4 heterocycles. The van der Waals surface area contributed by atoms with Gasteiger partial charge in [0.15, 0.2) is 6.23 Å². The smallest absolute Gasteiger partial charge is 0.417 e. The Morgan fingerprint density at radius 1 is 1.29 bits per heavy atom. The van der Waals surface area contributed by atoms with E-state index in [4.69, 9.17) is 9.47 Å². The van der Waals surface area contributed by atoms with Crippen LogP contribution < -0.4 is 10.2 Å². The monoisotopic (exact) mass is 515 g/mol. The Balaban J connectivity index is 1.48. The summed E-state index contributed by atoms with van der Waals surface area (Å²) in [4.78, 5) is 34.5. The van der Waals surface area contributed by atoms with Gasteiger partial charge in [0, 0.05) is 45.2 Å². The van der Waals surface area contributed by atoms with Crippen LogP contribution in [-0.4, -0.2) is 93.0 Å². The highest BCUT2D eigenvalue weighted by atomic mass is 32.1. The van der Waals surface area contributed by atoms with Gasteiger partial charge in [-0.1, -0.05) is 0 Å². The lowest BCUT2D eigenvalue weighted by molar-refractivity contribution is -0.136. The van der Waals surface area contributed by atoms with Crippen LogP contribution >= 0.6 is 11.3 Å². The topological polar surface area (TPSA) is 87.2 Å². The fourth-order valence-electron chi connectivity index (χ4n) is 4.28. The third-order valence-electron chi connectivity index (χ3n) is 6.49. The molecule has 4 rings (SSSR count). The number of aromatic nitrogens is 1. The number of carbonyl (C=O) groups is 2. The Kier molecular flexibility index (Phi) is 7.38. The lowest BCUT2D eigenvalue weighted by Crippen LogP contribution is -2.50. The normalized spacial score (nSPS) is 20.2. The SMILES string of the molecule is CNC(=O)c1csc2c(C(F)(F)F)cc(N3CCC(N(C)C(=O)OC4COCCN4C)CC3)nc12. The molecule has 192 valence electrons. The highest BCUT2D eigenvalue weighted by molar-refractivity contribution is 7.17. The summed E-state index contributed by atoms with van der Waals surface area (Å²) < 4.78 is 52.4. The van der Waals surface area contributed by atoms with Gasteiger partial charge in [-0.3, -0.25) is 9.69 Å². The molecule has 2 fully saturated rings. The van der Waals surface area contributed by atoms with Crippen molar-refractivity contribution in [3.8, 4) is 0 Å². The van der Waals surface area contributed by atoms with Gasteiger partial charge in [0.1, 0.15) is 5.82 Å². The minimum atomic E-state index is -4.58. The number of nitrogens with zero attached hydrogens (tertiary/aromatic N) is 4. The van der Waals surface area contributed by atoms with Crippen LogP contribution in [0, 0.1) is 0 Å². The number of morpholine rings is 1. The zero-order chi connectivity index (χ0) is 25.3. The molecule has 2 aliphatic rings. The highest BCUT2D eigenvalue weighted by Gasteiger charge is 2.36. The first kappa shape index (κ1) is 25.5. The average Bonchev–Trinajstić information content (AvgIpc) is 3.27. The van der Waals surface area contributed by atoms with Crippen molar-refractivity contribution in [1.82, 2.24) is 20.1 Å². The van der Waals surface area contributed by atoms with Crippen LogP contribution in [0.15, 0.2) is 11.4 Å². The summed E-state index contributed by atoms with van der Waals surface area (Å²) >= 11 is 0.856. The number of pyridine rings is 1. The van der Waals surface area contributed by atoms with E-state index in [0.29, 0.717) is 45.7 Å². The van der Waals surface area contributed by atoms with E-state index < -0.39 is 30.0 Å². The number of carbonyl (C=O) groups excluding carboxylic acids is 2. The zero-order valence-corrected chi connectivity index (χ0v) is 20.5. The Morgan fingerprint density at radius 2 is 2.00 bits per heavy atom.